The molecule has 0 saturated carbocycles. The first-order chi connectivity index (χ1) is 10.2. The molecule has 1 aliphatic heterocycles. The van der Waals surface area contributed by atoms with Gasteiger partial charge in [-0.2, -0.15) is 0 Å². The molecular weight excluding hydrogens is 286 g/mol. The van der Waals surface area contributed by atoms with Crippen LogP contribution in [0.15, 0.2) is 22.7 Å². The lowest BCUT2D eigenvalue weighted by atomic mass is 10.2. The largest absolute Gasteiger partial charge is 0.465 e. The maximum absolute atomic E-state index is 5.64. The van der Waals surface area contributed by atoms with E-state index in [-0.39, 0.29) is 6.04 Å². The first kappa shape index (κ1) is 14.6. The van der Waals surface area contributed by atoms with Crippen LogP contribution in [0.1, 0.15) is 29.4 Å². The summed E-state index contributed by atoms with van der Waals surface area (Å²) in [4.78, 5) is 8.05. The summed E-state index contributed by atoms with van der Waals surface area (Å²) in [6, 6.07) is 4.22. The summed E-state index contributed by atoms with van der Waals surface area (Å²) >= 11 is 1.75. The van der Waals surface area contributed by atoms with Gasteiger partial charge in [0.05, 0.1) is 19.3 Å². The third-order valence-corrected chi connectivity index (χ3v) is 4.65. The van der Waals surface area contributed by atoms with Crippen molar-refractivity contribution in [1.29, 1.82) is 0 Å². The fourth-order valence-corrected chi connectivity index (χ4v) is 3.23. The second-order valence-corrected chi connectivity index (χ2v) is 6.35. The summed E-state index contributed by atoms with van der Waals surface area (Å²) in [6.45, 7) is 8.34. The van der Waals surface area contributed by atoms with Crippen molar-refractivity contribution in [2.45, 2.75) is 26.4 Å². The SMILES string of the molecule is Cc1ccc(C(C)NCc2cnc(N3CCOCC3)s2)o1. The highest BCUT2D eigenvalue weighted by Crippen LogP contribution is 2.24. The molecule has 1 fully saturated rings. The Morgan fingerprint density at radius 1 is 1.38 bits per heavy atom. The fourth-order valence-electron chi connectivity index (χ4n) is 2.32. The van der Waals surface area contributed by atoms with E-state index in [1.165, 1.54) is 4.88 Å². The first-order valence-corrected chi connectivity index (χ1v) is 8.11. The highest BCUT2D eigenvalue weighted by molar-refractivity contribution is 7.15. The molecule has 3 rings (SSSR count). The van der Waals surface area contributed by atoms with Crippen molar-refractivity contribution in [1.82, 2.24) is 10.3 Å². The molecule has 1 saturated heterocycles. The molecule has 1 atom stereocenters. The van der Waals surface area contributed by atoms with E-state index in [1.807, 2.05) is 25.3 Å². The number of hydrogen-bond acceptors (Lipinski definition) is 6. The van der Waals surface area contributed by atoms with E-state index >= 15 is 0 Å². The Morgan fingerprint density at radius 2 is 2.19 bits per heavy atom. The average Bonchev–Trinajstić information content (AvgIpc) is 3.15. The van der Waals surface area contributed by atoms with Crippen molar-refractivity contribution < 1.29 is 9.15 Å². The van der Waals surface area contributed by atoms with Gasteiger partial charge in [0.1, 0.15) is 11.5 Å². The number of furan rings is 1. The highest BCUT2D eigenvalue weighted by atomic mass is 32.1. The Kier molecular flexibility index (Phi) is 4.57. The van der Waals surface area contributed by atoms with Gasteiger partial charge in [-0.15, -0.1) is 11.3 Å². The molecular formula is C15H21N3O2S. The molecule has 0 spiro atoms. The maximum Gasteiger partial charge on any atom is 0.185 e. The second-order valence-electron chi connectivity index (χ2n) is 5.26. The predicted molar refractivity (Wildman–Crippen MR) is 83.8 cm³/mol. The van der Waals surface area contributed by atoms with Crippen LogP contribution in [0.2, 0.25) is 0 Å². The molecule has 114 valence electrons. The summed E-state index contributed by atoms with van der Waals surface area (Å²) in [5.41, 5.74) is 0. The van der Waals surface area contributed by atoms with Gasteiger partial charge >= 0.3 is 0 Å². The third kappa shape index (κ3) is 3.64. The maximum atomic E-state index is 5.64. The first-order valence-electron chi connectivity index (χ1n) is 7.29. The van der Waals surface area contributed by atoms with E-state index in [1.54, 1.807) is 11.3 Å². The van der Waals surface area contributed by atoms with Crippen molar-refractivity contribution >= 4 is 16.5 Å². The zero-order valence-corrected chi connectivity index (χ0v) is 13.3. The van der Waals surface area contributed by atoms with E-state index in [0.717, 1.165) is 49.5 Å². The molecule has 1 unspecified atom stereocenters. The molecule has 0 amide bonds. The number of morpholine rings is 1. The number of hydrogen-bond donors (Lipinski definition) is 1. The predicted octanol–water partition coefficient (Wildman–Crippen LogP) is 2.73. The van der Waals surface area contributed by atoms with Gasteiger partial charge in [-0.25, -0.2) is 4.98 Å². The Labute approximate surface area is 128 Å². The molecule has 1 aliphatic rings. The lowest BCUT2D eigenvalue weighted by molar-refractivity contribution is 0.122. The Bertz CT molecular complexity index is 575. The molecule has 2 aromatic rings. The van der Waals surface area contributed by atoms with E-state index in [4.69, 9.17) is 9.15 Å². The Hall–Kier alpha value is -1.37. The number of thiazole rings is 1. The monoisotopic (exact) mass is 307 g/mol. The smallest absolute Gasteiger partial charge is 0.185 e. The number of aromatic nitrogens is 1. The molecule has 0 aliphatic carbocycles. The average molecular weight is 307 g/mol. The van der Waals surface area contributed by atoms with Crippen molar-refractivity contribution in [2.75, 3.05) is 31.2 Å². The Morgan fingerprint density at radius 3 is 2.90 bits per heavy atom. The van der Waals surface area contributed by atoms with E-state index in [2.05, 4.69) is 22.1 Å². The van der Waals surface area contributed by atoms with Crippen LogP contribution < -0.4 is 10.2 Å². The minimum absolute atomic E-state index is 0.202. The van der Waals surface area contributed by atoms with Crippen LogP contribution in [0.5, 0.6) is 0 Å². The molecule has 6 heteroatoms. The summed E-state index contributed by atoms with van der Waals surface area (Å²) in [7, 11) is 0. The third-order valence-electron chi connectivity index (χ3n) is 3.59. The molecule has 0 aromatic carbocycles. The normalized spacial score (nSPS) is 17.1. The lowest BCUT2D eigenvalue weighted by Gasteiger charge is -2.26. The fraction of sp³-hybridized carbons (Fsp3) is 0.533. The quantitative estimate of drug-likeness (QED) is 0.920. The molecule has 0 radical (unpaired) electrons. The molecule has 0 bridgehead atoms. The van der Waals surface area contributed by atoms with Crippen molar-refractivity contribution in [3.05, 3.63) is 34.7 Å². The molecule has 1 N–H and O–H groups in total. The van der Waals surface area contributed by atoms with Crippen LogP contribution in [0.25, 0.3) is 0 Å². The number of nitrogens with one attached hydrogen (secondary N) is 1. The van der Waals surface area contributed by atoms with Crippen molar-refractivity contribution in [3.63, 3.8) is 0 Å². The van der Waals surface area contributed by atoms with E-state index < -0.39 is 0 Å². The zero-order chi connectivity index (χ0) is 14.7. The second kappa shape index (κ2) is 6.60. The molecule has 3 heterocycles. The van der Waals surface area contributed by atoms with Crippen LogP contribution in [0, 0.1) is 6.92 Å². The van der Waals surface area contributed by atoms with Gasteiger partial charge in [0.2, 0.25) is 0 Å². The standard InChI is InChI=1S/C15H21N3O2S/c1-11-3-4-14(20-11)12(2)16-9-13-10-17-15(21-13)18-5-7-19-8-6-18/h3-4,10,12,16H,5-9H2,1-2H3. The molecule has 2 aromatic heterocycles. The van der Waals surface area contributed by atoms with Gasteiger partial charge in [0, 0.05) is 30.7 Å². The molecule has 21 heavy (non-hydrogen) atoms. The summed E-state index contributed by atoms with van der Waals surface area (Å²) in [5.74, 6) is 1.93. The van der Waals surface area contributed by atoms with Crippen LogP contribution >= 0.6 is 11.3 Å². The summed E-state index contributed by atoms with van der Waals surface area (Å²) < 4.78 is 11.0. The number of anilines is 1. The minimum atomic E-state index is 0.202. The zero-order valence-electron chi connectivity index (χ0n) is 12.5. The van der Waals surface area contributed by atoms with Gasteiger partial charge in [-0.05, 0) is 26.0 Å². The van der Waals surface area contributed by atoms with Gasteiger partial charge in [0.25, 0.3) is 0 Å². The van der Waals surface area contributed by atoms with Crippen molar-refractivity contribution in [3.8, 4) is 0 Å². The van der Waals surface area contributed by atoms with E-state index in [9.17, 15) is 0 Å². The number of rotatable bonds is 5. The Balaban J connectivity index is 1.54. The van der Waals surface area contributed by atoms with Gasteiger partial charge < -0.3 is 19.4 Å². The van der Waals surface area contributed by atoms with Crippen LogP contribution in [0.4, 0.5) is 5.13 Å². The van der Waals surface area contributed by atoms with Gasteiger partial charge in [-0.1, -0.05) is 0 Å². The number of aryl methyl sites for hydroxylation is 1. The lowest BCUT2D eigenvalue weighted by Crippen LogP contribution is -2.36. The van der Waals surface area contributed by atoms with Crippen molar-refractivity contribution in [2.24, 2.45) is 0 Å². The number of nitrogens with zero attached hydrogens (tertiary/aromatic N) is 2. The highest BCUT2D eigenvalue weighted by Gasteiger charge is 2.15. The minimum Gasteiger partial charge on any atom is -0.465 e. The van der Waals surface area contributed by atoms with Crippen LogP contribution in [-0.2, 0) is 11.3 Å². The van der Waals surface area contributed by atoms with Gasteiger partial charge in [-0.3, -0.25) is 0 Å². The van der Waals surface area contributed by atoms with Gasteiger partial charge in [0.15, 0.2) is 5.13 Å². The van der Waals surface area contributed by atoms with Crippen LogP contribution in [0.3, 0.4) is 0 Å². The summed E-state index contributed by atoms with van der Waals surface area (Å²) in [6.07, 6.45) is 1.96. The van der Waals surface area contributed by atoms with Crippen LogP contribution in [-0.4, -0.2) is 31.3 Å². The topological polar surface area (TPSA) is 50.5 Å². The van der Waals surface area contributed by atoms with E-state index in [0.29, 0.717) is 0 Å². The number of ether oxygens (including phenoxy) is 1. The molecule has 5 nitrogen and oxygen atoms in total. The summed E-state index contributed by atoms with van der Waals surface area (Å²) in [5, 5.41) is 4.57.